The number of aliphatic carboxylic acids is 1. The standard InChI is InChI=1S/C9H8ClFO2/c1-5-2-3-6(4-7(12)13)8(10)9(5)11/h2-3H,4H2,1H3,(H,12,13). The highest BCUT2D eigenvalue weighted by molar-refractivity contribution is 6.31. The van der Waals surface area contributed by atoms with E-state index in [2.05, 4.69) is 0 Å². The van der Waals surface area contributed by atoms with E-state index in [0.717, 1.165) is 0 Å². The Morgan fingerprint density at radius 2 is 2.23 bits per heavy atom. The second-order valence-electron chi connectivity index (χ2n) is 2.74. The molecule has 0 fully saturated rings. The second-order valence-corrected chi connectivity index (χ2v) is 3.12. The zero-order valence-electron chi connectivity index (χ0n) is 6.97. The molecule has 1 aromatic carbocycles. The van der Waals surface area contributed by atoms with Crippen molar-refractivity contribution in [3.8, 4) is 0 Å². The first-order valence-electron chi connectivity index (χ1n) is 3.67. The van der Waals surface area contributed by atoms with Crippen LogP contribution in [0.1, 0.15) is 11.1 Å². The lowest BCUT2D eigenvalue weighted by atomic mass is 10.1. The van der Waals surface area contributed by atoms with E-state index in [4.69, 9.17) is 16.7 Å². The van der Waals surface area contributed by atoms with Gasteiger partial charge in [-0.1, -0.05) is 23.7 Å². The van der Waals surface area contributed by atoms with Crippen molar-refractivity contribution in [3.05, 3.63) is 34.1 Å². The first kappa shape index (κ1) is 9.99. The minimum Gasteiger partial charge on any atom is -0.481 e. The van der Waals surface area contributed by atoms with E-state index < -0.39 is 11.8 Å². The third kappa shape index (κ3) is 2.18. The summed E-state index contributed by atoms with van der Waals surface area (Å²) in [5.74, 6) is -1.56. The van der Waals surface area contributed by atoms with Gasteiger partial charge in [-0.25, -0.2) is 4.39 Å². The first-order chi connectivity index (χ1) is 6.02. The zero-order valence-corrected chi connectivity index (χ0v) is 7.73. The minimum absolute atomic E-state index is 0.0950. The van der Waals surface area contributed by atoms with Crippen LogP contribution in [0.4, 0.5) is 4.39 Å². The summed E-state index contributed by atoms with van der Waals surface area (Å²) in [6.45, 7) is 1.58. The van der Waals surface area contributed by atoms with Crippen molar-refractivity contribution < 1.29 is 14.3 Å². The van der Waals surface area contributed by atoms with Crippen LogP contribution < -0.4 is 0 Å². The third-order valence-corrected chi connectivity index (χ3v) is 2.11. The highest BCUT2D eigenvalue weighted by Crippen LogP contribution is 2.22. The molecule has 1 aromatic rings. The van der Waals surface area contributed by atoms with E-state index >= 15 is 0 Å². The summed E-state index contributed by atoms with van der Waals surface area (Å²) in [6, 6.07) is 3.04. The van der Waals surface area contributed by atoms with Gasteiger partial charge in [0, 0.05) is 0 Å². The molecule has 0 atom stereocenters. The maximum Gasteiger partial charge on any atom is 0.307 e. The summed E-state index contributed by atoms with van der Waals surface area (Å²) in [6.07, 6.45) is -0.254. The average molecular weight is 203 g/mol. The molecule has 0 radical (unpaired) electrons. The predicted octanol–water partition coefficient (Wildman–Crippen LogP) is 2.41. The number of carbonyl (C=O) groups is 1. The molecule has 0 amide bonds. The summed E-state index contributed by atoms with van der Waals surface area (Å²) in [5, 5.41) is 8.38. The molecule has 0 aliphatic rings. The number of rotatable bonds is 2. The highest BCUT2D eigenvalue weighted by Gasteiger charge is 2.11. The van der Waals surface area contributed by atoms with Gasteiger partial charge in [-0.15, -0.1) is 0 Å². The lowest BCUT2D eigenvalue weighted by Crippen LogP contribution is -2.02. The SMILES string of the molecule is Cc1ccc(CC(=O)O)c(Cl)c1F. The summed E-state index contributed by atoms with van der Waals surface area (Å²) in [7, 11) is 0. The molecule has 2 nitrogen and oxygen atoms in total. The van der Waals surface area contributed by atoms with Crippen LogP contribution in [0.5, 0.6) is 0 Å². The Morgan fingerprint density at radius 1 is 1.62 bits per heavy atom. The molecule has 0 unspecified atom stereocenters. The normalized spacial score (nSPS) is 10.1. The quantitative estimate of drug-likeness (QED) is 0.800. The Bertz CT molecular complexity index is 350. The van der Waals surface area contributed by atoms with Crippen LogP contribution in [-0.2, 0) is 11.2 Å². The van der Waals surface area contributed by atoms with Crippen molar-refractivity contribution >= 4 is 17.6 Å². The molecular formula is C9H8ClFO2. The largest absolute Gasteiger partial charge is 0.481 e. The molecule has 70 valence electrons. The average Bonchev–Trinajstić information content (AvgIpc) is 2.06. The van der Waals surface area contributed by atoms with E-state index in [1.807, 2.05) is 0 Å². The second kappa shape index (κ2) is 3.75. The topological polar surface area (TPSA) is 37.3 Å². The van der Waals surface area contributed by atoms with Gasteiger partial charge in [0.15, 0.2) is 0 Å². The maximum absolute atomic E-state index is 13.1. The zero-order chi connectivity index (χ0) is 10.0. The lowest BCUT2D eigenvalue weighted by molar-refractivity contribution is -0.136. The molecule has 0 aromatic heterocycles. The van der Waals surface area contributed by atoms with Crippen molar-refractivity contribution in [2.75, 3.05) is 0 Å². The fourth-order valence-electron chi connectivity index (χ4n) is 0.985. The molecular weight excluding hydrogens is 195 g/mol. The van der Waals surface area contributed by atoms with Crippen LogP contribution in [0.25, 0.3) is 0 Å². The van der Waals surface area contributed by atoms with Crippen LogP contribution in [0.15, 0.2) is 12.1 Å². The number of carboxylic acids is 1. The molecule has 0 aliphatic carbocycles. The Labute approximate surface area is 80.0 Å². The van der Waals surface area contributed by atoms with Gasteiger partial charge < -0.3 is 5.11 Å². The molecule has 0 bridgehead atoms. The molecule has 0 heterocycles. The van der Waals surface area contributed by atoms with Crippen molar-refractivity contribution in [3.63, 3.8) is 0 Å². The third-order valence-electron chi connectivity index (χ3n) is 1.70. The van der Waals surface area contributed by atoms with E-state index in [0.29, 0.717) is 11.1 Å². The molecule has 0 saturated carbocycles. The van der Waals surface area contributed by atoms with Crippen LogP contribution in [0.2, 0.25) is 5.02 Å². The highest BCUT2D eigenvalue weighted by atomic mass is 35.5. The summed E-state index contributed by atoms with van der Waals surface area (Å²) < 4.78 is 13.1. The minimum atomic E-state index is -1.02. The van der Waals surface area contributed by atoms with Crippen LogP contribution in [0, 0.1) is 12.7 Å². The van der Waals surface area contributed by atoms with E-state index in [1.165, 1.54) is 12.1 Å². The Balaban J connectivity index is 3.10. The van der Waals surface area contributed by atoms with E-state index in [1.54, 1.807) is 6.92 Å². The van der Waals surface area contributed by atoms with Crippen molar-refractivity contribution in [2.24, 2.45) is 0 Å². The van der Waals surface area contributed by atoms with Gasteiger partial charge >= 0.3 is 5.97 Å². The molecule has 13 heavy (non-hydrogen) atoms. The number of hydrogen-bond donors (Lipinski definition) is 1. The molecule has 0 aliphatic heterocycles. The predicted molar refractivity (Wildman–Crippen MR) is 47.5 cm³/mol. The fourth-order valence-corrected chi connectivity index (χ4v) is 1.26. The number of halogens is 2. The van der Waals surface area contributed by atoms with Gasteiger partial charge in [-0.05, 0) is 18.1 Å². The fraction of sp³-hybridized carbons (Fsp3) is 0.222. The van der Waals surface area contributed by atoms with Gasteiger partial charge in [0.25, 0.3) is 0 Å². The lowest BCUT2D eigenvalue weighted by Gasteiger charge is -2.04. The maximum atomic E-state index is 13.1. The van der Waals surface area contributed by atoms with Crippen molar-refractivity contribution in [1.82, 2.24) is 0 Å². The Kier molecular flexibility index (Phi) is 2.88. The van der Waals surface area contributed by atoms with E-state index in [9.17, 15) is 9.18 Å². The van der Waals surface area contributed by atoms with Crippen LogP contribution >= 0.6 is 11.6 Å². The van der Waals surface area contributed by atoms with Gasteiger partial charge in [-0.2, -0.15) is 0 Å². The number of hydrogen-bond acceptors (Lipinski definition) is 1. The van der Waals surface area contributed by atoms with E-state index in [-0.39, 0.29) is 11.4 Å². The molecule has 1 rings (SSSR count). The number of benzene rings is 1. The number of carboxylic acid groups (broad SMARTS) is 1. The smallest absolute Gasteiger partial charge is 0.307 e. The monoisotopic (exact) mass is 202 g/mol. The van der Waals surface area contributed by atoms with Gasteiger partial charge in [0.05, 0.1) is 11.4 Å². The molecule has 0 spiro atoms. The first-order valence-corrected chi connectivity index (χ1v) is 4.05. The summed E-state index contributed by atoms with van der Waals surface area (Å²) in [5.41, 5.74) is 0.719. The van der Waals surface area contributed by atoms with Crippen LogP contribution in [0.3, 0.4) is 0 Å². The van der Waals surface area contributed by atoms with Gasteiger partial charge in [-0.3, -0.25) is 4.79 Å². The molecule has 4 heteroatoms. The van der Waals surface area contributed by atoms with Gasteiger partial charge in [0.2, 0.25) is 0 Å². The summed E-state index contributed by atoms with van der Waals surface area (Å²) in [4.78, 5) is 10.3. The van der Waals surface area contributed by atoms with Crippen molar-refractivity contribution in [2.45, 2.75) is 13.3 Å². The molecule has 0 saturated heterocycles. The Hall–Kier alpha value is -1.09. The van der Waals surface area contributed by atoms with Gasteiger partial charge in [0.1, 0.15) is 5.82 Å². The number of aryl methyl sites for hydroxylation is 1. The molecule has 1 N–H and O–H groups in total. The Morgan fingerprint density at radius 3 is 2.77 bits per heavy atom. The summed E-state index contributed by atoms with van der Waals surface area (Å²) >= 11 is 5.60. The van der Waals surface area contributed by atoms with Crippen molar-refractivity contribution in [1.29, 1.82) is 0 Å². The van der Waals surface area contributed by atoms with Crippen LogP contribution in [-0.4, -0.2) is 11.1 Å².